The third-order valence-electron chi connectivity index (χ3n) is 2.92. The van der Waals surface area contributed by atoms with Gasteiger partial charge in [0.15, 0.2) is 30.5 Å². The molecular weight excluding hydrogens is 328 g/mol. The van der Waals surface area contributed by atoms with Crippen molar-refractivity contribution in [2.24, 2.45) is 0 Å². The molecule has 1 aromatic heterocycles. The lowest BCUT2D eigenvalue weighted by Gasteiger charge is -2.11. The molecule has 1 heterocycles. The molecule has 0 spiro atoms. The smallest absolute Gasteiger partial charge is 0.344 e. The number of nitrogens with one attached hydrogen (secondary N) is 1. The second-order valence-corrected chi connectivity index (χ2v) is 5.12. The monoisotopic (exact) mass is 348 g/mol. The van der Waals surface area contributed by atoms with Crippen molar-refractivity contribution in [1.29, 1.82) is 0 Å². The first kappa shape index (κ1) is 18.3. The highest BCUT2D eigenvalue weighted by Crippen LogP contribution is 2.26. The Labute approximate surface area is 145 Å². The summed E-state index contributed by atoms with van der Waals surface area (Å²) in [6, 6.07) is 8.58. The van der Waals surface area contributed by atoms with Gasteiger partial charge in [0.2, 0.25) is 0 Å². The highest BCUT2D eigenvalue weighted by atomic mass is 16.6. The van der Waals surface area contributed by atoms with Gasteiger partial charge in [-0.25, -0.2) is 4.79 Å². The van der Waals surface area contributed by atoms with E-state index in [4.69, 9.17) is 18.7 Å². The Bertz CT molecular complexity index is 713. The third-order valence-corrected chi connectivity index (χ3v) is 2.92. The first-order valence-electron chi connectivity index (χ1n) is 7.82. The second kappa shape index (κ2) is 9.31. The van der Waals surface area contributed by atoms with E-state index >= 15 is 0 Å². The summed E-state index contributed by atoms with van der Waals surface area (Å²) < 4.78 is 20.6. The molecule has 0 fully saturated rings. The minimum Gasteiger partial charge on any atom is -0.490 e. The molecule has 8 nitrogen and oxygen atoms in total. The van der Waals surface area contributed by atoms with Gasteiger partial charge in [0.1, 0.15) is 5.76 Å². The van der Waals surface area contributed by atoms with Crippen molar-refractivity contribution in [2.75, 3.05) is 25.1 Å². The van der Waals surface area contributed by atoms with E-state index in [2.05, 4.69) is 10.5 Å². The molecule has 0 unspecified atom stereocenters. The van der Waals surface area contributed by atoms with Crippen LogP contribution in [0.25, 0.3) is 0 Å². The Balaban J connectivity index is 1.74. The number of hydrogen-bond donors (Lipinski definition) is 1. The summed E-state index contributed by atoms with van der Waals surface area (Å²) in [6.07, 6.45) is 0.858. The summed E-state index contributed by atoms with van der Waals surface area (Å²) >= 11 is 0. The molecule has 0 atom stereocenters. The zero-order valence-electron chi connectivity index (χ0n) is 14.1. The normalized spacial score (nSPS) is 10.2. The fourth-order valence-electron chi connectivity index (χ4n) is 1.83. The number of carbonyl (C=O) groups is 2. The molecule has 0 radical (unpaired) electrons. The lowest BCUT2D eigenvalue weighted by molar-refractivity contribution is -0.149. The van der Waals surface area contributed by atoms with Gasteiger partial charge in [-0.3, -0.25) is 4.79 Å². The van der Waals surface area contributed by atoms with Crippen LogP contribution in [0.1, 0.15) is 19.1 Å². The number of para-hydroxylation sites is 2. The van der Waals surface area contributed by atoms with Crippen LogP contribution in [0.4, 0.5) is 5.82 Å². The van der Waals surface area contributed by atoms with E-state index in [9.17, 15) is 9.59 Å². The Morgan fingerprint density at radius 2 is 1.88 bits per heavy atom. The van der Waals surface area contributed by atoms with Gasteiger partial charge in [-0.05, 0) is 25.5 Å². The van der Waals surface area contributed by atoms with Crippen LogP contribution in [0.2, 0.25) is 0 Å². The molecule has 0 aliphatic carbocycles. The predicted octanol–water partition coefficient (Wildman–Crippen LogP) is 2.33. The van der Waals surface area contributed by atoms with Gasteiger partial charge in [0.05, 0.1) is 6.61 Å². The van der Waals surface area contributed by atoms with E-state index in [1.54, 1.807) is 31.2 Å². The van der Waals surface area contributed by atoms with E-state index in [0.29, 0.717) is 23.9 Å². The molecule has 1 N–H and O–H groups in total. The van der Waals surface area contributed by atoms with E-state index in [0.717, 1.165) is 6.42 Å². The molecule has 0 saturated carbocycles. The SMILES string of the molecule is CCCOc1ccccc1OCC(=O)OCC(=O)Nc1cc(C)on1. The third kappa shape index (κ3) is 6.17. The molecule has 25 heavy (non-hydrogen) atoms. The number of hydrogen-bond acceptors (Lipinski definition) is 7. The molecule has 2 aromatic rings. The molecule has 1 aromatic carbocycles. The quantitative estimate of drug-likeness (QED) is 0.694. The van der Waals surface area contributed by atoms with Gasteiger partial charge in [0, 0.05) is 6.07 Å². The summed E-state index contributed by atoms with van der Waals surface area (Å²) in [7, 11) is 0. The van der Waals surface area contributed by atoms with E-state index in [1.807, 2.05) is 13.0 Å². The van der Waals surface area contributed by atoms with Crippen LogP contribution < -0.4 is 14.8 Å². The number of nitrogens with zero attached hydrogens (tertiary/aromatic N) is 1. The Morgan fingerprint density at radius 3 is 2.52 bits per heavy atom. The molecule has 8 heteroatoms. The summed E-state index contributed by atoms with van der Waals surface area (Å²) in [5.74, 6) is 0.623. The minimum atomic E-state index is -0.670. The Morgan fingerprint density at radius 1 is 1.16 bits per heavy atom. The molecular formula is C17H20N2O6. The van der Waals surface area contributed by atoms with Crippen LogP contribution >= 0.6 is 0 Å². The average Bonchev–Trinajstić information content (AvgIpc) is 3.01. The second-order valence-electron chi connectivity index (χ2n) is 5.12. The summed E-state index contributed by atoms with van der Waals surface area (Å²) in [5.41, 5.74) is 0. The lowest BCUT2D eigenvalue weighted by atomic mass is 10.3. The molecule has 134 valence electrons. The largest absolute Gasteiger partial charge is 0.490 e. The van der Waals surface area contributed by atoms with Crippen LogP contribution in [-0.2, 0) is 14.3 Å². The fraction of sp³-hybridized carbons (Fsp3) is 0.353. The predicted molar refractivity (Wildman–Crippen MR) is 88.6 cm³/mol. The summed E-state index contributed by atoms with van der Waals surface area (Å²) in [6.45, 7) is 3.46. The van der Waals surface area contributed by atoms with Crippen molar-refractivity contribution in [1.82, 2.24) is 5.16 Å². The number of carbonyl (C=O) groups excluding carboxylic acids is 2. The Hall–Kier alpha value is -3.03. The minimum absolute atomic E-state index is 0.261. The highest BCUT2D eigenvalue weighted by molar-refractivity contribution is 5.91. The maximum atomic E-state index is 11.7. The van der Waals surface area contributed by atoms with Gasteiger partial charge in [0.25, 0.3) is 5.91 Å². The molecule has 0 aliphatic heterocycles. The highest BCUT2D eigenvalue weighted by Gasteiger charge is 2.12. The number of ether oxygens (including phenoxy) is 3. The van der Waals surface area contributed by atoms with Gasteiger partial charge in [-0.1, -0.05) is 24.2 Å². The van der Waals surface area contributed by atoms with Crippen molar-refractivity contribution in [3.8, 4) is 11.5 Å². The average molecular weight is 348 g/mol. The van der Waals surface area contributed by atoms with Crippen molar-refractivity contribution in [2.45, 2.75) is 20.3 Å². The molecule has 1 amide bonds. The topological polar surface area (TPSA) is 99.9 Å². The van der Waals surface area contributed by atoms with Crippen molar-refractivity contribution in [3.05, 3.63) is 36.1 Å². The van der Waals surface area contributed by atoms with Crippen molar-refractivity contribution in [3.63, 3.8) is 0 Å². The molecule has 0 bridgehead atoms. The van der Waals surface area contributed by atoms with Gasteiger partial charge < -0.3 is 24.1 Å². The summed E-state index contributed by atoms with van der Waals surface area (Å²) in [5, 5.41) is 6.05. The number of aromatic nitrogens is 1. The maximum Gasteiger partial charge on any atom is 0.344 e. The zero-order valence-corrected chi connectivity index (χ0v) is 14.1. The molecule has 0 saturated heterocycles. The van der Waals surface area contributed by atoms with E-state index < -0.39 is 18.5 Å². The zero-order chi connectivity index (χ0) is 18.1. The number of esters is 1. The van der Waals surface area contributed by atoms with Crippen molar-refractivity contribution < 1.29 is 28.3 Å². The van der Waals surface area contributed by atoms with E-state index in [-0.39, 0.29) is 12.4 Å². The summed E-state index contributed by atoms with van der Waals surface area (Å²) in [4.78, 5) is 23.3. The molecule has 2 rings (SSSR count). The first-order chi connectivity index (χ1) is 12.1. The Kier molecular flexibility index (Phi) is 6.82. The number of amides is 1. The number of anilines is 1. The fourth-order valence-corrected chi connectivity index (χ4v) is 1.83. The van der Waals surface area contributed by atoms with Crippen LogP contribution in [0.15, 0.2) is 34.9 Å². The van der Waals surface area contributed by atoms with Crippen LogP contribution in [0.3, 0.4) is 0 Å². The van der Waals surface area contributed by atoms with Gasteiger partial charge in [-0.15, -0.1) is 0 Å². The van der Waals surface area contributed by atoms with Crippen LogP contribution in [0.5, 0.6) is 11.5 Å². The van der Waals surface area contributed by atoms with Gasteiger partial charge >= 0.3 is 5.97 Å². The number of benzene rings is 1. The maximum absolute atomic E-state index is 11.7. The lowest BCUT2D eigenvalue weighted by Crippen LogP contribution is -2.23. The number of rotatable bonds is 9. The first-order valence-corrected chi connectivity index (χ1v) is 7.82. The van der Waals surface area contributed by atoms with Gasteiger partial charge in [-0.2, -0.15) is 0 Å². The molecule has 0 aliphatic rings. The van der Waals surface area contributed by atoms with Crippen molar-refractivity contribution >= 4 is 17.7 Å². The standard InChI is InChI=1S/C17H20N2O6/c1-3-8-22-13-6-4-5-7-14(13)23-11-17(21)24-10-16(20)18-15-9-12(2)25-19-15/h4-7,9H,3,8,10-11H2,1-2H3,(H,18,19,20). The van der Waals surface area contributed by atoms with Crippen LogP contribution in [-0.4, -0.2) is 36.9 Å². The van der Waals surface area contributed by atoms with E-state index in [1.165, 1.54) is 0 Å². The number of aryl methyl sites for hydroxylation is 1. The van der Waals surface area contributed by atoms with Crippen LogP contribution in [0, 0.1) is 6.92 Å².